The van der Waals surface area contributed by atoms with E-state index in [0.717, 1.165) is 11.2 Å². The number of hydrogen-bond donors (Lipinski definition) is 0. The first-order chi connectivity index (χ1) is 6.59. The monoisotopic (exact) mass is 226 g/mol. The maximum absolute atomic E-state index is 6.06. The molecule has 0 aromatic rings. The number of halogens is 2. The summed E-state index contributed by atoms with van der Waals surface area (Å²) in [4.78, 5) is 8.21. The number of hydrogen-bond acceptors (Lipinski definition) is 2. The molecule has 0 aromatic heterocycles. The Kier molecular flexibility index (Phi) is 2.54. The van der Waals surface area contributed by atoms with E-state index in [-0.39, 0.29) is 11.2 Å². The Labute approximate surface area is 93.8 Å². The molecule has 0 amide bonds. The summed E-state index contributed by atoms with van der Waals surface area (Å²) in [6, 6.07) is 0. The fourth-order valence-electron chi connectivity index (χ4n) is 1.76. The molecule has 0 saturated heterocycles. The Morgan fingerprint density at radius 3 is 2.79 bits per heavy atom. The SMILES string of the molecule is BC1=C2N=C(Cl)N=C(Cl)C2C(C)C=C1. The summed E-state index contributed by atoms with van der Waals surface area (Å²) in [6.07, 6.45) is 4.18. The molecule has 0 N–H and O–H groups in total. The van der Waals surface area contributed by atoms with Crippen LogP contribution in [-0.4, -0.2) is 18.3 Å². The van der Waals surface area contributed by atoms with E-state index >= 15 is 0 Å². The molecule has 14 heavy (non-hydrogen) atoms. The zero-order valence-electron chi connectivity index (χ0n) is 7.96. The highest BCUT2D eigenvalue weighted by Crippen LogP contribution is 2.34. The van der Waals surface area contributed by atoms with Gasteiger partial charge < -0.3 is 0 Å². The highest BCUT2D eigenvalue weighted by Gasteiger charge is 2.30. The lowest BCUT2D eigenvalue weighted by Gasteiger charge is -2.27. The first kappa shape index (κ1) is 10.00. The molecule has 0 saturated carbocycles. The molecule has 0 aromatic carbocycles. The number of amidine groups is 1. The Morgan fingerprint density at radius 2 is 2.07 bits per heavy atom. The third-order valence-electron chi connectivity index (χ3n) is 2.54. The van der Waals surface area contributed by atoms with Crippen molar-refractivity contribution in [1.82, 2.24) is 0 Å². The van der Waals surface area contributed by atoms with Crippen molar-refractivity contribution in [3.05, 3.63) is 23.3 Å². The number of aliphatic imine (C=N–C) groups is 2. The molecule has 2 unspecified atom stereocenters. The predicted molar refractivity (Wildman–Crippen MR) is 63.9 cm³/mol. The summed E-state index contributed by atoms with van der Waals surface area (Å²) in [5.41, 5.74) is 2.06. The van der Waals surface area contributed by atoms with Crippen molar-refractivity contribution in [2.45, 2.75) is 6.92 Å². The van der Waals surface area contributed by atoms with Crippen molar-refractivity contribution < 1.29 is 0 Å². The minimum atomic E-state index is 0.0872. The molecule has 2 atom stereocenters. The van der Waals surface area contributed by atoms with Crippen LogP contribution in [0.2, 0.25) is 0 Å². The van der Waals surface area contributed by atoms with Gasteiger partial charge in [0, 0.05) is 5.70 Å². The molecule has 72 valence electrons. The topological polar surface area (TPSA) is 24.7 Å². The average molecular weight is 227 g/mol. The van der Waals surface area contributed by atoms with Crippen molar-refractivity contribution in [2.75, 3.05) is 0 Å². The molecule has 2 nitrogen and oxygen atoms in total. The number of rotatable bonds is 0. The second kappa shape index (κ2) is 3.56. The quantitative estimate of drug-likeness (QED) is 0.446. The summed E-state index contributed by atoms with van der Waals surface area (Å²) in [7, 11) is 2.01. The molecule has 1 aliphatic carbocycles. The molecular weight excluding hydrogens is 218 g/mol. The van der Waals surface area contributed by atoms with Gasteiger partial charge in [0.25, 0.3) is 0 Å². The van der Waals surface area contributed by atoms with Crippen molar-refractivity contribution in [3.8, 4) is 0 Å². The van der Waals surface area contributed by atoms with Crippen LogP contribution in [0.1, 0.15) is 6.92 Å². The van der Waals surface area contributed by atoms with Crippen molar-refractivity contribution in [1.29, 1.82) is 0 Å². The highest BCUT2D eigenvalue weighted by molar-refractivity contribution is 6.72. The van der Waals surface area contributed by atoms with Crippen LogP contribution >= 0.6 is 23.2 Å². The molecule has 2 rings (SSSR count). The average Bonchev–Trinajstić information content (AvgIpc) is 2.10. The Bertz CT molecular complexity index is 396. The van der Waals surface area contributed by atoms with E-state index in [1.165, 1.54) is 0 Å². The Balaban J connectivity index is 2.52. The lowest BCUT2D eigenvalue weighted by molar-refractivity contribution is 0.601. The predicted octanol–water partition coefficient (Wildman–Crippen LogP) is 1.90. The lowest BCUT2D eigenvalue weighted by Crippen LogP contribution is -2.25. The standard InChI is InChI=1S/C9H9BCl2N2/c1-4-2-3-5(10)7-6(4)8(11)14-9(12)13-7/h2-4,6H,10H2,1H3. The van der Waals surface area contributed by atoms with Crippen LogP contribution in [-0.2, 0) is 0 Å². The van der Waals surface area contributed by atoms with Crippen LogP contribution in [0.5, 0.6) is 0 Å². The van der Waals surface area contributed by atoms with Crippen LogP contribution in [0, 0.1) is 11.8 Å². The van der Waals surface area contributed by atoms with Gasteiger partial charge in [0.05, 0.1) is 5.92 Å². The maximum Gasteiger partial charge on any atom is 0.223 e. The van der Waals surface area contributed by atoms with Crippen molar-refractivity contribution >= 4 is 41.5 Å². The van der Waals surface area contributed by atoms with Gasteiger partial charge in [-0.15, -0.1) is 0 Å². The smallest absolute Gasteiger partial charge is 0.223 e. The summed E-state index contributed by atoms with van der Waals surface area (Å²) < 4.78 is 0. The normalized spacial score (nSPS) is 31.1. The van der Waals surface area contributed by atoms with Gasteiger partial charge >= 0.3 is 0 Å². The van der Waals surface area contributed by atoms with Gasteiger partial charge in [-0.05, 0) is 17.5 Å². The van der Waals surface area contributed by atoms with Gasteiger partial charge in [-0.1, -0.05) is 36.1 Å². The molecular formula is C9H9BCl2N2. The highest BCUT2D eigenvalue weighted by atomic mass is 35.5. The third kappa shape index (κ3) is 1.55. The van der Waals surface area contributed by atoms with E-state index in [0.29, 0.717) is 11.1 Å². The molecule has 2 aliphatic rings. The largest absolute Gasteiger partial charge is 0.223 e. The zero-order chi connectivity index (χ0) is 10.3. The second-order valence-corrected chi connectivity index (χ2v) is 4.30. The number of allylic oxidation sites excluding steroid dienone is 4. The summed E-state index contributed by atoms with van der Waals surface area (Å²) in [5, 5.41) is 0.763. The summed E-state index contributed by atoms with van der Waals surface area (Å²) >= 11 is 11.8. The van der Waals surface area contributed by atoms with E-state index < -0.39 is 0 Å². The molecule has 0 spiro atoms. The van der Waals surface area contributed by atoms with Gasteiger partial charge in [0.2, 0.25) is 5.29 Å². The lowest BCUT2D eigenvalue weighted by atomic mass is 9.78. The van der Waals surface area contributed by atoms with E-state index in [1.807, 2.05) is 7.85 Å². The zero-order valence-corrected chi connectivity index (χ0v) is 9.47. The minimum Gasteiger partial charge on any atom is -0.223 e. The van der Waals surface area contributed by atoms with Crippen LogP contribution in [0.15, 0.2) is 33.3 Å². The van der Waals surface area contributed by atoms with Gasteiger partial charge in [0.15, 0.2) is 0 Å². The van der Waals surface area contributed by atoms with E-state index in [2.05, 4.69) is 29.1 Å². The van der Waals surface area contributed by atoms with Crippen LogP contribution in [0.3, 0.4) is 0 Å². The molecule has 1 aliphatic heterocycles. The van der Waals surface area contributed by atoms with Gasteiger partial charge in [0.1, 0.15) is 13.0 Å². The minimum absolute atomic E-state index is 0.0872. The maximum atomic E-state index is 6.06. The number of fused-ring (bicyclic) bond motifs is 1. The third-order valence-corrected chi connectivity index (χ3v) is 3.03. The fraction of sp³-hybridized carbons (Fsp3) is 0.333. The molecule has 0 radical (unpaired) electrons. The first-order valence-electron chi connectivity index (χ1n) is 4.47. The van der Waals surface area contributed by atoms with E-state index in [1.54, 1.807) is 0 Å². The molecule has 0 bridgehead atoms. The first-order valence-corrected chi connectivity index (χ1v) is 5.22. The van der Waals surface area contributed by atoms with Gasteiger partial charge in [-0.25, -0.2) is 9.98 Å². The molecule has 1 heterocycles. The van der Waals surface area contributed by atoms with Gasteiger partial charge in [-0.2, -0.15) is 0 Å². The molecule has 0 fully saturated rings. The van der Waals surface area contributed by atoms with Crippen LogP contribution in [0.4, 0.5) is 0 Å². The van der Waals surface area contributed by atoms with Crippen LogP contribution in [0.25, 0.3) is 0 Å². The van der Waals surface area contributed by atoms with Gasteiger partial charge in [-0.3, -0.25) is 0 Å². The molecule has 5 heteroatoms. The van der Waals surface area contributed by atoms with E-state index in [9.17, 15) is 0 Å². The summed E-state index contributed by atoms with van der Waals surface area (Å²) in [6.45, 7) is 2.10. The Hall–Kier alpha value is -0.535. The Morgan fingerprint density at radius 1 is 1.36 bits per heavy atom. The van der Waals surface area contributed by atoms with Crippen molar-refractivity contribution in [2.24, 2.45) is 21.8 Å². The van der Waals surface area contributed by atoms with Crippen molar-refractivity contribution in [3.63, 3.8) is 0 Å². The second-order valence-electron chi connectivity index (χ2n) is 3.58. The summed E-state index contributed by atoms with van der Waals surface area (Å²) in [5.74, 6) is 0.419. The van der Waals surface area contributed by atoms with Crippen LogP contribution < -0.4 is 0 Å². The fourth-order valence-corrected chi connectivity index (χ4v) is 2.36. The number of nitrogens with zero attached hydrogens (tertiary/aromatic N) is 2. The van der Waals surface area contributed by atoms with E-state index in [4.69, 9.17) is 23.2 Å².